The standard InChI is InChI=1S/C17H17N3O2/c1-13-7-5-6-10-15(13)12-19-20-17(22)16(21)18-11-14-8-3-2-4-9-14/h2-10,12H,11H2,1H3,(H,18,21)(H,20,22)/b19-12-. The van der Waals surface area contributed by atoms with Crippen LogP contribution < -0.4 is 10.7 Å². The van der Waals surface area contributed by atoms with Gasteiger partial charge in [0, 0.05) is 6.54 Å². The van der Waals surface area contributed by atoms with Gasteiger partial charge in [-0.25, -0.2) is 5.43 Å². The molecule has 0 saturated carbocycles. The smallest absolute Gasteiger partial charge is 0.329 e. The third-order valence-corrected chi connectivity index (χ3v) is 3.06. The van der Waals surface area contributed by atoms with Crippen LogP contribution in [0.15, 0.2) is 59.7 Å². The molecule has 0 aliphatic rings. The van der Waals surface area contributed by atoms with E-state index in [1.165, 1.54) is 6.21 Å². The van der Waals surface area contributed by atoms with E-state index in [1.807, 2.05) is 61.5 Å². The van der Waals surface area contributed by atoms with E-state index in [1.54, 1.807) is 0 Å². The van der Waals surface area contributed by atoms with E-state index >= 15 is 0 Å². The number of carbonyl (C=O) groups excluding carboxylic acids is 2. The number of amides is 2. The van der Waals surface area contributed by atoms with Gasteiger partial charge in [-0.15, -0.1) is 0 Å². The van der Waals surface area contributed by atoms with E-state index < -0.39 is 11.8 Å². The van der Waals surface area contributed by atoms with Gasteiger partial charge in [-0.2, -0.15) is 5.10 Å². The Morgan fingerprint density at radius 1 is 1.00 bits per heavy atom. The second kappa shape index (κ2) is 7.73. The molecule has 0 atom stereocenters. The summed E-state index contributed by atoms with van der Waals surface area (Å²) in [5.41, 5.74) is 5.05. The monoisotopic (exact) mass is 295 g/mol. The Balaban J connectivity index is 1.82. The van der Waals surface area contributed by atoms with Crippen LogP contribution in [0.3, 0.4) is 0 Å². The molecule has 0 aromatic heterocycles. The third kappa shape index (κ3) is 4.56. The molecule has 0 heterocycles. The predicted octanol–water partition coefficient (Wildman–Crippen LogP) is 1.76. The maximum absolute atomic E-state index is 11.6. The van der Waals surface area contributed by atoms with Gasteiger partial charge in [0.1, 0.15) is 0 Å². The molecule has 2 rings (SSSR count). The molecule has 2 amide bonds. The van der Waals surface area contributed by atoms with Crippen LogP contribution in [0.4, 0.5) is 0 Å². The molecule has 0 aliphatic heterocycles. The second-order valence-corrected chi connectivity index (χ2v) is 4.72. The first-order chi connectivity index (χ1) is 10.7. The first-order valence-corrected chi connectivity index (χ1v) is 6.87. The van der Waals surface area contributed by atoms with Crippen LogP contribution in [0.1, 0.15) is 16.7 Å². The van der Waals surface area contributed by atoms with Crippen LogP contribution in [0.2, 0.25) is 0 Å². The summed E-state index contributed by atoms with van der Waals surface area (Å²) in [6.07, 6.45) is 1.51. The lowest BCUT2D eigenvalue weighted by Gasteiger charge is -2.04. The average molecular weight is 295 g/mol. The molecular formula is C17H17N3O2. The minimum atomic E-state index is -0.791. The molecule has 2 aromatic rings. The zero-order valence-corrected chi connectivity index (χ0v) is 12.2. The summed E-state index contributed by atoms with van der Waals surface area (Å²) in [7, 11) is 0. The van der Waals surface area contributed by atoms with Crippen molar-refractivity contribution >= 4 is 18.0 Å². The number of hydrogen-bond donors (Lipinski definition) is 2. The molecule has 0 radical (unpaired) electrons. The lowest BCUT2D eigenvalue weighted by atomic mass is 10.1. The normalized spacial score (nSPS) is 10.4. The van der Waals surface area contributed by atoms with Crippen molar-refractivity contribution in [3.63, 3.8) is 0 Å². The number of carbonyl (C=O) groups is 2. The predicted molar refractivity (Wildman–Crippen MR) is 85.2 cm³/mol. The van der Waals surface area contributed by atoms with Crippen molar-refractivity contribution < 1.29 is 9.59 Å². The summed E-state index contributed by atoms with van der Waals surface area (Å²) in [6, 6.07) is 17.0. The number of benzene rings is 2. The Labute approximate surface area is 129 Å². The Hall–Kier alpha value is -2.95. The van der Waals surface area contributed by atoms with Crippen LogP contribution in [-0.2, 0) is 16.1 Å². The Morgan fingerprint density at radius 3 is 2.41 bits per heavy atom. The number of nitrogens with zero attached hydrogens (tertiary/aromatic N) is 1. The SMILES string of the molecule is Cc1ccccc1/C=N\NC(=O)C(=O)NCc1ccccc1. The molecule has 22 heavy (non-hydrogen) atoms. The van der Waals surface area contributed by atoms with Crippen molar-refractivity contribution in [2.75, 3.05) is 0 Å². The molecule has 0 fully saturated rings. The molecule has 0 bridgehead atoms. The van der Waals surface area contributed by atoms with Gasteiger partial charge < -0.3 is 5.32 Å². The molecular weight excluding hydrogens is 278 g/mol. The molecule has 112 valence electrons. The number of hydrogen-bond acceptors (Lipinski definition) is 3. The van der Waals surface area contributed by atoms with Crippen molar-refractivity contribution in [1.82, 2.24) is 10.7 Å². The molecule has 0 aliphatic carbocycles. The van der Waals surface area contributed by atoms with Gasteiger partial charge in [-0.05, 0) is 23.6 Å². The van der Waals surface area contributed by atoms with Crippen LogP contribution in [0, 0.1) is 6.92 Å². The van der Waals surface area contributed by atoms with Crippen molar-refractivity contribution in [2.24, 2.45) is 5.10 Å². The van der Waals surface area contributed by atoms with Gasteiger partial charge in [0.05, 0.1) is 6.21 Å². The first kappa shape index (κ1) is 15.4. The maximum atomic E-state index is 11.6. The zero-order valence-electron chi connectivity index (χ0n) is 12.2. The van der Waals surface area contributed by atoms with Gasteiger partial charge in [0.25, 0.3) is 0 Å². The highest BCUT2D eigenvalue weighted by atomic mass is 16.2. The molecule has 0 unspecified atom stereocenters. The summed E-state index contributed by atoms with van der Waals surface area (Å²) in [5, 5.41) is 6.33. The van der Waals surface area contributed by atoms with E-state index in [4.69, 9.17) is 0 Å². The summed E-state index contributed by atoms with van der Waals surface area (Å²) in [6.45, 7) is 2.24. The molecule has 0 spiro atoms. The highest BCUT2D eigenvalue weighted by Gasteiger charge is 2.11. The van der Waals surface area contributed by atoms with Crippen LogP contribution in [0.5, 0.6) is 0 Å². The minimum Gasteiger partial charge on any atom is -0.344 e. The lowest BCUT2D eigenvalue weighted by Crippen LogP contribution is -2.37. The van der Waals surface area contributed by atoms with Gasteiger partial charge >= 0.3 is 11.8 Å². The van der Waals surface area contributed by atoms with E-state index in [-0.39, 0.29) is 0 Å². The number of aryl methyl sites for hydroxylation is 1. The lowest BCUT2D eigenvalue weighted by molar-refractivity contribution is -0.139. The number of hydrazone groups is 1. The Morgan fingerprint density at radius 2 is 1.68 bits per heavy atom. The maximum Gasteiger partial charge on any atom is 0.329 e. The molecule has 2 N–H and O–H groups in total. The van der Waals surface area contributed by atoms with Gasteiger partial charge in [0.15, 0.2) is 0 Å². The first-order valence-electron chi connectivity index (χ1n) is 6.87. The molecule has 0 saturated heterocycles. The van der Waals surface area contributed by atoms with E-state index in [2.05, 4.69) is 15.8 Å². The van der Waals surface area contributed by atoms with Crippen LogP contribution in [0.25, 0.3) is 0 Å². The van der Waals surface area contributed by atoms with Crippen molar-refractivity contribution in [3.8, 4) is 0 Å². The quantitative estimate of drug-likeness (QED) is 0.512. The topological polar surface area (TPSA) is 70.6 Å². The van der Waals surface area contributed by atoms with E-state index in [9.17, 15) is 9.59 Å². The Kier molecular flexibility index (Phi) is 5.43. The van der Waals surface area contributed by atoms with Gasteiger partial charge in [0.2, 0.25) is 0 Å². The number of rotatable bonds is 4. The van der Waals surface area contributed by atoms with Crippen LogP contribution in [-0.4, -0.2) is 18.0 Å². The molecule has 2 aromatic carbocycles. The van der Waals surface area contributed by atoms with Crippen LogP contribution >= 0.6 is 0 Å². The van der Waals surface area contributed by atoms with Crippen molar-refractivity contribution in [3.05, 3.63) is 71.3 Å². The highest BCUT2D eigenvalue weighted by Crippen LogP contribution is 2.03. The van der Waals surface area contributed by atoms with Gasteiger partial charge in [-0.1, -0.05) is 54.6 Å². The summed E-state index contributed by atoms with van der Waals surface area (Å²) < 4.78 is 0. The Bertz CT molecular complexity index is 681. The summed E-state index contributed by atoms with van der Waals surface area (Å²) >= 11 is 0. The van der Waals surface area contributed by atoms with Gasteiger partial charge in [-0.3, -0.25) is 9.59 Å². The second-order valence-electron chi connectivity index (χ2n) is 4.72. The zero-order chi connectivity index (χ0) is 15.8. The largest absolute Gasteiger partial charge is 0.344 e. The fraction of sp³-hybridized carbons (Fsp3) is 0.118. The highest BCUT2D eigenvalue weighted by molar-refractivity contribution is 6.35. The number of nitrogens with one attached hydrogen (secondary N) is 2. The van der Waals surface area contributed by atoms with Crippen molar-refractivity contribution in [2.45, 2.75) is 13.5 Å². The van der Waals surface area contributed by atoms with E-state index in [0.717, 1.165) is 16.7 Å². The average Bonchev–Trinajstić information content (AvgIpc) is 2.55. The molecule has 5 nitrogen and oxygen atoms in total. The summed E-state index contributed by atoms with van der Waals surface area (Å²) in [4.78, 5) is 23.2. The minimum absolute atomic E-state index is 0.300. The van der Waals surface area contributed by atoms with E-state index in [0.29, 0.717) is 6.54 Å². The molecule has 5 heteroatoms. The fourth-order valence-corrected chi connectivity index (χ4v) is 1.80. The summed E-state index contributed by atoms with van der Waals surface area (Å²) in [5.74, 6) is -1.51. The van der Waals surface area contributed by atoms with Crippen molar-refractivity contribution in [1.29, 1.82) is 0 Å². The fourth-order valence-electron chi connectivity index (χ4n) is 1.80. The third-order valence-electron chi connectivity index (χ3n) is 3.06.